The predicted molar refractivity (Wildman–Crippen MR) is 82.8 cm³/mol. The summed E-state index contributed by atoms with van der Waals surface area (Å²) >= 11 is 0. The van der Waals surface area contributed by atoms with Crippen molar-refractivity contribution in [3.05, 3.63) is 29.8 Å². The molecule has 0 unspecified atom stereocenters. The summed E-state index contributed by atoms with van der Waals surface area (Å²) in [4.78, 5) is 12.2. The number of anilines is 1. The lowest BCUT2D eigenvalue weighted by Gasteiger charge is -2.32. The normalized spacial score (nSPS) is 18.1. The third kappa shape index (κ3) is 3.97. The highest BCUT2D eigenvalue weighted by Crippen LogP contribution is 2.26. The van der Waals surface area contributed by atoms with E-state index < -0.39 is 0 Å². The quantitative estimate of drug-likeness (QED) is 0.742. The Morgan fingerprint density at radius 1 is 1.15 bits per heavy atom. The van der Waals surface area contributed by atoms with Crippen molar-refractivity contribution in [1.82, 2.24) is 5.32 Å². The second kappa shape index (κ2) is 6.75. The molecule has 0 heterocycles. The fraction of sp³-hybridized carbons (Fsp3) is 0.562. The number of aryl methyl sites for hydroxylation is 1. The van der Waals surface area contributed by atoms with E-state index in [0.29, 0.717) is 6.54 Å². The topological polar surface area (TPSA) is 67.2 Å². The molecule has 0 bridgehead atoms. The maximum atomic E-state index is 12.2. The minimum atomic E-state index is -0.231. The van der Waals surface area contributed by atoms with Gasteiger partial charge in [0.05, 0.1) is 5.54 Å². The molecule has 1 fully saturated rings. The first-order chi connectivity index (χ1) is 9.63. The lowest BCUT2D eigenvalue weighted by molar-refractivity contribution is 0.230. The summed E-state index contributed by atoms with van der Waals surface area (Å²) in [5.74, 6) is 0. The first kappa shape index (κ1) is 14.9. The molecule has 1 aliphatic carbocycles. The minimum absolute atomic E-state index is 0.152. The molecule has 4 nitrogen and oxygen atoms in total. The highest BCUT2D eigenvalue weighted by atomic mass is 16.2. The monoisotopic (exact) mass is 275 g/mol. The molecule has 0 radical (unpaired) electrons. The van der Waals surface area contributed by atoms with Gasteiger partial charge in [0.15, 0.2) is 0 Å². The number of carbonyl (C=O) groups excluding carboxylic acids is 1. The number of benzene rings is 1. The zero-order valence-corrected chi connectivity index (χ0v) is 12.2. The van der Waals surface area contributed by atoms with E-state index in [-0.39, 0.29) is 11.6 Å². The Morgan fingerprint density at radius 3 is 2.30 bits per heavy atom. The fourth-order valence-corrected chi connectivity index (χ4v) is 2.83. The first-order valence-corrected chi connectivity index (χ1v) is 7.49. The van der Waals surface area contributed by atoms with Crippen LogP contribution in [0.1, 0.15) is 44.1 Å². The molecular weight excluding hydrogens is 250 g/mol. The molecular formula is C16H25N3O. The van der Waals surface area contributed by atoms with E-state index in [1.165, 1.54) is 18.4 Å². The van der Waals surface area contributed by atoms with Crippen LogP contribution in [0.4, 0.5) is 10.5 Å². The van der Waals surface area contributed by atoms with E-state index in [2.05, 4.69) is 10.6 Å². The Bertz CT molecular complexity index is 434. The van der Waals surface area contributed by atoms with Crippen molar-refractivity contribution in [2.75, 3.05) is 11.9 Å². The molecule has 110 valence electrons. The first-order valence-electron chi connectivity index (χ1n) is 7.49. The van der Waals surface area contributed by atoms with E-state index in [0.717, 1.165) is 31.4 Å². The van der Waals surface area contributed by atoms with E-state index in [4.69, 9.17) is 5.73 Å². The molecule has 4 N–H and O–H groups in total. The van der Waals surface area contributed by atoms with Crippen LogP contribution in [-0.2, 0) is 0 Å². The van der Waals surface area contributed by atoms with Gasteiger partial charge in [-0.3, -0.25) is 0 Å². The molecule has 0 saturated heterocycles. The van der Waals surface area contributed by atoms with Gasteiger partial charge in [0, 0.05) is 12.2 Å². The molecule has 1 saturated carbocycles. The summed E-state index contributed by atoms with van der Waals surface area (Å²) in [5, 5.41) is 6.00. The van der Waals surface area contributed by atoms with E-state index in [1.54, 1.807) is 0 Å². The maximum Gasteiger partial charge on any atom is 0.319 e. The molecule has 0 aliphatic heterocycles. The van der Waals surface area contributed by atoms with Gasteiger partial charge in [-0.05, 0) is 31.9 Å². The molecule has 0 aromatic heterocycles. The van der Waals surface area contributed by atoms with Crippen molar-refractivity contribution >= 4 is 11.7 Å². The summed E-state index contributed by atoms with van der Waals surface area (Å²) in [6, 6.07) is 7.65. The average Bonchev–Trinajstić information content (AvgIpc) is 2.67. The molecule has 0 atom stereocenters. The number of rotatable bonds is 3. The van der Waals surface area contributed by atoms with Crippen LogP contribution in [0.5, 0.6) is 0 Å². The van der Waals surface area contributed by atoms with Crippen LogP contribution in [0.15, 0.2) is 24.3 Å². The summed E-state index contributed by atoms with van der Waals surface area (Å²) in [6.45, 7) is 2.53. The van der Waals surface area contributed by atoms with Gasteiger partial charge in [-0.2, -0.15) is 0 Å². The van der Waals surface area contributed by atoms with Gasteiger partial charge in [0.1, 0.15) is 0 Å². The number of carbonyl (C=O) groups is 1. The lowest BCUT2D eigenvalue weighted by atomic mass is 9.90. The minimum Gasteiger partial charge on any atom is -0.331 e. The van der Waals surface area contributed by atoms with Crippen molar-refractivity contribution in [3.8, 4) is 0 Å². The molecule has 1 aliphatic rings. The van der Waals surface area contributed by atoms with Gasteiger partial charge in [-0.25, -0.2) is 4.79 Å². The van der Waals surface area contributed by atoms with Crippen LogP contribution >= 0.6 is 0 Å². The average molecular weight is 275 g/mol. The molecule has 4 heteroatoms. The number of hydrogen-bond donors (Lipinski definition) is 3. The van der Waals surface area contributed by atoms with Gasteiger partial charge in [0.2, 0.25) is 0 Å². The van der Waals surface area contributed by atoms with Crippen LogP contribution in [-0.4, -0.2) is 18.1 Å². The lowest BCUT2D eigenvalue weighted by Crippen LogP contribution is -2.54. The third-order valence-electron chi connectivity index (χ3n) is 4.14. The predicted octanol–water partition coefficient (Wildman–Crippen LogP) is 3.17. The number of urea groups is 1. The SMILES string of the molecule is Cc1ccc(NC(=O)NC2(CN)CCCCCC2)cc1. The number of nitrogens with two attached hydrogens (primary N) is 1. The van der Waals surface area contributed by atoms with Crippen molar-refractivity contribution < 1.29 is 4.79 Å². The van der Waals surface area contributed by atoms with Crippen LogP contribution in [0, 0.1) is 6.92 Å². The Morgan fingerprint density at radius 2 is 1.75 bits per heavy atom. The van der Waals surface area contributed by atoms with Crippen molar-refractivity contribution in [3.63, 3.8) is 0 Å². The third-order valence-corrected chi connectivity index (χ3v) is 4.14. The largest absolute Gasteiger partial charge is 0.331 e. The second-order valence-corrected chi connectivity index (χ2v) is 5.84. The molecule has 2 rings (SSSR count). The Kier molecular flexibility index (Phi) is 5.01. The number of hydrogen-bond acceptors (Lipinski definition) is 2. The van der Waals surface area contributed by atoms with Crippen molar-refractivity contribution in [2.24, 2.45) is 5.73 Å². The summed E-state index contributed by atoms with van der Waals surface area (Å²) in [7, 11) is 0. The molecule has 1 aromatic carbocycles. The molecule has 0 spiro atoms. The summed E-state index contributed by atoms with van der Waals surface area (Å²) in [6.07, 6.45) is 6.71. The zero-order valence-electron chi connectivity index (χ0n) is 12.2. The van der Waals surface area contributed by atoms with Crippen molar-refractivity contribution in [2.45, 2.75) is 51.0 Å². The van der Waals surface area contributed by atoms with Crippen molar-refractivity contribution in [1.29, 1.82) is 0 Å². The molecule has 1 aromatic rings. The Labute approximate surface area is 121 Å². The molecule has 2 amide bonds. The maximum absolute atomic E-state index is 12.2. The van der Waals surface area contributed by atoms with Gasteiger partial charge in [-0.15, -0.1) is 0 Å². The Hall–Kier alpha value is -1.55. The summed E-state index contributed by atoms with van der Waals surface area (Å²) < 4.78 is 0. The fourth-order valence-electron chi connectivity index (χ4n) is 2.83. The number of nitrogens with one attached hydrogen (secondary N) is 2. The summed E-state index contributed by atoms with van der Waals surface area (Å²) in [5.41, 5.74) is 7.69. The van der Waals surface area contributed by atoms with Gasteiger partial charge >= 0.3 is 6.03 Å². The van der Waals surface area contributed by atoms with Gasteiger partial charge < -0.3 is 16.4 Å². The highest BCUT2D eigenvalue weighted by Gasteiger charge is 2.31. The standard InChI is InChI=1S/C16H25N3O/c1-13-6-8-14(9-7-13)18-15(20)19-16(12-17)10-4-2-3-5-11-16/h6-9H,2-5,10-12,17H2,1H3,(H2,18,19,20). The van der Waals surface area contributed by atoms with E-state index >= 15 is 0 Å². The van der Waals surface area contributed by atoms with Crippen LogP contribution in [0.25, 0.3) is 0 Å². The number of amides is 2. The van der Waals surface area contributed by atoms with E-state index in [1.807, 2.05) is 31.2 Å². The van der Waals surface area contributed by atoms with Gasteiger partial charge in [0.25, 0.3) is 0 Å². The van der Waals surface area contributed by atoms with Crippen LogP contribution < -0.4 is 16.4 Å². The highest BCUT2D eigenvalue weighted by molar-refractivity contribution is 5.89. The smallest absolute Gasteiger partial charge is 0.319 e. The van der Waals surface area contributed by atoms with Gasteiger partial charge in [-0.1, -0.05) is 43.4 Å². The zero-order chi connectivity index (χ0) is 14.4. The van der Waals surface area contributed by atoms with Crippen LogP contribution in [0.2, 0.25) is 0 Å². The molecule has 20 heavy (non-hydrogen) atoms. The van der Waals surface area contributed by atoms with Crippen LogP contribution in [0.3, 0.4) is 0 Å². The van der Waals surface area contributed by atoms with E-state index in [9.17, 15) is 4.79 Å². The second-order valence-electron chi connectivity index (χ2n) is 5.84. The Balaban J connectivity index is 1.96.